The number of amides is 1. The summed E-state index contributed by atoms with van der Waals surface area (Å²) >= 11 is 0. The van der Waals surface area contributed by atoms with Crippen molar-refractivity contribution in [1.82, 2.24) is 29.3 Å². The number of hydrogen-bond donors (Lipinski definition) is 2. The van der Waals surface area contributed by atoms with Crippen molar-refractivity contribution in [3.8, 4) is 11.3 Å². The minimum absolute atomic E-state index is 0.172. The van der Waals surface area contributed by atoms with Crippen LogP contribution < -0.4 is 5.32 Å². The lowest BCUT2D eigenvalue weighted by atomic mass is 10.0. The molecule has 1 aliphatic rings. The fraction of sp³-hybridized carbons (Fsp3) is 0.273. The van der Waals surface area contributed by atoms with Crippen LogP contribution in [0.2, 0.25) is 0 Å². The number of anilines is 1. The topological polar surface area (TPSA) is 93.4 Å². The molecule has 8 heteroatoms. The summed E-state index contributed by atoms with van der Waals surface area (Å²) < 4.78 is 3.89. The maximum Gasteiger partial charge on any atom is 0.259 e. The molecule has 4 aromatic heterocycles. The van der Waals surface area contributed by atoms with Crippen molar-refractivity contribution in [3.05, 3.63) is 72.3 Å². The number of imidazole rings is 1. The van der Waals surface area contributed by atoms with E-state index in [9.17, 15) is 4.79 Å². The average Bonchev–Trinajstić information content (AvgIpc) is 3.49. The van der Waals surface area contributed by atoms with E-state index in [4.69, 9.17) is 0 Å². The number of pyridine rings is 1. The molecule has 0 atom stereocenters. The van der Waals surface area contributed by atoms with E-state index in [1.54, 1.807) is 18.6 Å². The summed E-state index contributed by atoms with van der Waals surface area (Å²) in [5, 5.41) is 7.42. The Kier molecular flexibility index (Phi) is 4.88. The number of rotatable bonds is 6. The van der Waals surface area contributed by atoms with E-state index in [2.05, 4.69) is 31.4 Å². The molecule has 1 amide bonds. The third kappa shape index (κ3) is 3.63. The van der Waals surface area contributed by atoms with E-state index in [1.165, 1.54) is 5.56 Å². The third-order valence-electron chi connectivity index (χ3n) is 5.45. The highest BCUT2D eigenvalue weighted by molar-refractivity contribution is 6.08. The quantitative estimate of drug-likeness (QED) is 0.518. The number of nitrogens with zero attached hydrogens (tertiary/aromatic N) is 5. The van der Waals surface area contributed by atoms with E-state index >= 15 is 0 Å². The number of aryl methyl sites for hydroxylation is 4. The van der Waals surface area contributed by atoms with Crippen molar-refractivity contribution in [1.29, 1.82) is 0 Å². The SMILES string of the molecule is O=C(Nc1ccn(CCCn2ccnc2)n1)c1c[nH]c2c1-c1ncccc1CCC2. The van der Waals surface area contributed by atoms with Gasteiger partial charge in [0.2, 0.25) is 0 Å². The number of fused-ring (bicyclic) bond motifs is 3. The highest BCUT2D eigenvalue weighted by Gasteiger charge is 2.24. The van der Waals surface area contributed by atoms with Gasteiger partial charge < -0.3 is 14.9 Å². The van der Waals surface area contributed by atoms with Gasteiger partial charge in [0, 0.05) is 61.4 Å². The number of carbonyl (C=O) groups excluding carboxylic acids is 1. The van der Waals surface area contributed by atoms with Gasteiger partial charge in [0.15, 0.2) is 5.82 Å². The normalized spacial score (nSPS) is 12.8. The molecule has 0 saturated heterocycles. The molecule has 0 bridgehead atoms. The van der Waals surface area contributed by atoms with Gasteiger partial charge in [-0.05, 0) is 37.3 Å². The molecule has 5 rings (SSSR count). The first kappa shape index (κ1) is 18.4. The van der Waals surface area contributed by atoms with Gasteiger partial charge in [0.05, 0.1) is 17.6 Å². The fourth-order valence-corrected chi connectivity index (χ4v) is 4.00. The molecule has 8 nitrogen and oxygen atoms in total. The van der Waals surface area contributed by atoms with Crippen LogP contribution in [0.4, 0.5) is 5.82 Å². The van der Waals surface area contributed by atoms with Crippen LogP contribution in [0.25, 0.3) is 11.3 Å². The predicted octanol–water partition coefficient (Wildman–Crippen LogP) is 3.30. The minimum Gasteiger partial charge on any atom is -0.364 e. The van der Waals surface area contributed by atoms with Gasteiger partial charge in [-0.2, -0.15) is 5.10 Å². The monoisotopic (exact) mass is 401 g/mol. The molecule has 2 N–H and O–H groups in total. The van der Waals surface area contributed by atoms with Crippen LogP contribution in [-0.2, 0) is 25.9 Å². The van der Waals surface area contributed by atoms with Gasteiger partial charge >= 0.3 is 0 Å². The summed E-state index contributed by atoms with van der Waals surface area (Å²) in [5.41, 5.74) is 4.69. The number of nitrogens with one attached hydrogen (secondary N) is 2. The molecule has 4 heterocycles. The summed E-state index contributed by atoms with van der Waals surface area (Å²) in [6.45, 7) is 1.65. The van der Waals surface area contributed by atoms with Crippen LogP contribution in [0.3, 0.4) is 0 Å². The number of aromatic amines is 1. The van der Waals surface area contributed by atoms with Crippen LogP contribution >= 0.6 is 0 Å². The first-order valence-electron chi connectivity index (χ1n) is 10.2. The molecule has 0 saturated carbocycles. The van der Waals surface area contributed by atoms with Gasteiger partial charge in [-0.3, -0.25) is 14.5 Å². The predicted molar refractivity (Wildman–Crippen MR) is 113 cm³/mol. The van der Waals surface area contributed by atoms with E-state index in [0.717, 1.165) is 55.7 Å². The number of hydrogen-bond acceptors (Lipinski definition) is 4. The van der Waals surface area contributed by atoms with Gasteiger partial charge in [0.1, 0.15) is 0 Å². The van der Waals surface area contributed by atoms with Gasteiger partial charge in [-0.1, -0.05) is 6.07 Å². The van der Waals surface area contributed by atoms with E-state index in [-0.39, 0.29) is 5.91 Å². The highest BCUT2D eigenvalue weighted by atomic mass is 16.1. The Balaban J connectivity index is 1.30. The van der Waals surface area contributed by atoms with Crippen molar-refractivity contribution in [2.24, 2.45) is 0 Å². The second-order valence-electron chi connectivity index (χ2n) is 7.49. The maximum atomic E-state index is 13.0. The molecule has 0 radical (unpaired) electrons. The molecule has 1 aliphatic carbocycles. The van der Waals surface area contributed by atoms with Crippen molar-refractivity contribution in [3.63, 3.8) is 0 Å². The fourth-order valence-electron chi connectivity index (χ4n) is 4.00. The van der Waals surface area contributed by atoms with E-state index in [1.807, 2.05) is 40.1 Å². The summed E-state index contributed by atoms with van der Waals surface area (Å²) in [5.74, 6) is 0.377. The Morgan fingerprint density at radius 2 is 2.13 bits per heavy atom. The smallest absolute Gasteiger partial charge is 0.259 e. The zero-order chi connectivity index (χ0) is 20.3. The molecule has 152 valence electrons. The van der Waals surface area contributed by atoms with Crippen LogP contribution in [0.1, 0.15) is 34.5 Å². The largest absolute Gasteiger partial charge is 0.364 e. The first-order valence-corrected chi connectivity index (χ1v) is 10.2. The van der Waals surface area contributed by atoms with Gasteiger partial charge in [-0.15, -0.1) is 0 Å². The van der Waals surface area contributed by atoms with Gasteiger partial charge in [0.25, 0.3) is 5.91 Å². The molecular formula is C22H23N7O. The molecule has 0 aromatic carbocycles. The minimum atomic E-state index is -0.172. The number of aromatic nitrogens is 6. The summed E-state index contributed by atoms with van der Waals surface area (Å²) in [6.07, 6.45) is 14.8. The maximum absolute atomic E-state index is 13.0. The van der Waals surface area contributed by atoms with E-state index < -0.39 is 0 Å². The summed E-state index contributed by atoms with van der Waals surface area (Å²) in [6, 6.07) is 5.87. The highest BCUT2D eigenvalue weighted by Crippen LogP contribution is 2.33. The molecule has 0 fully saturated rings. The molecular weight excluding hydrogens is 378 g/mol. The number of carbonyl (C=O) groups is 1. The van der Waals surface area contributed by atoms with Crippen LogP contribution in [0, 0.1) is 0 Å². The molecule has 30 heavy (non-hydrogen) atoms. The molecule has 0 spiro atoms. The molecule has 0 aliphatic heterocycles. The molecule has 4 aromatic rings. The zero-order valence-electron chi connectivity index (χ0n) is 16.6. The van der Waals surface area contributed by atoms with Crippen LogP contribution in [0.15, 0.2) is 55.5 Å². The Bertz CT molecular complexity index is 1160. The lowest BCUT2D eigenvalue weighted by Crippen LogP contribution is -2.13. The average molecular weight is 401 g/mol. The van der Waals surface area contributed by atoms with Crippen LogP contribution in [-0.4, -0.2) is 35.2 Å². The van der Waals surface area contributed by atoms with Gasteiger partial charge in [-0.25, -0.2) is 4.98 Å². The summed E-state index contributed by atoms with van der Waals surface area (Å²) in [7, 11) is 0. The second-order valence-corrected chi connectivity index (χ2v) is 7.49. The van der Waals surface area contributed by atoms with Crippen molar-refractivity contribution >= 4 is 11.7 Å². The third-order valence-corrected chi connectivity index (χ3v) is 5.45. The van der Waals surface area contributed by atoms with E-state index in [0.29, 0.717) is 11.4 Å². The van der Waals surface area contributed by atoms with Crippen molar-refractivity contribution in [2.75, 3.05) is 5.32 Å². The van der Waals surface area contributed by atoms with Crippen molar-refractivity contribution in [2.45, 2.75) is 38.8 Å². The van der Waals surface area contributed by atoms with Crippen molar-refractivity contribution < 1.29 is 4.79 Å². The summed E-state index contributed by atoms with van der Waals surface area (Å²) in [4.78, 5) is 24.9. The standard InChI is InChI=1S/C22H23N7O/c30-22(26-19-7-12-29(27-19)11-3-10-28-13-9-23-15-28)17-14-25-18-6-1-4-16-5-2-8-24-21(16)20(17)18/h2,5,7-9,12-15,25H,1,3-4,6,10-11H2,(H,26,27,30). The Morgan fingerprint density at radius 3 is 3.03 bits per heavy atom. The Morgan fingerprint density at radius 1 is 1.17 bits per heavy atom. The first-order chi connectivity index (χ1) is 14.8. The number of H-pyrrole nitrogens is 1. The Hall–Kier alpha value is -3.68. The molecule has 0 unspecified atom stereocenters. The lowest BCUT2D eigenvalue weighted by molar-refractivity contribution is 0.102. The lowest BCUT2D eigenvalue weighted by Gasteiger charge is -2.08. The second kappa shape index (κ2) is 7.98. The zero-order valence-corrected chi connectivity index (χ0v) is 16.6. The Labute approximate surface area is 174 Å². The van der Waals surface area contributed by atoms with Crippen LogP contribution in [0.5, 0.6) is 0 Å².